The highest BCUT2D eigenvalue weighted by Crippen LogP contribution is 2.61. The number of halogens is 1. The third kappa shape index (κ3) is 3.28. The van der Waals surface area contributed by atoms with Gasteiger partial charge in [-0.2, -0.15) is 5.10 Å². The van der Waals surface area contributed by atoms with Crippen LogP contribution in [0.1, 0.15) is 43.4 Å². The largest absolute Gasteiger partial charge is 0.325 e. The number of hydrogen-bond donors (Lipinski definition) is 1. The first-order chi connectivity index (χ1) is 19.0. The van der Waals surface area contributed by atoms with Crippen molar-refractivity contribution in [3.05, 3.63) is 136 Å². The lowest BCUT2D eigenvalue weighted by molar-refractivity contribution is -0.122. The number of hydrogen-bond acceptors (Lipinski definition) is 5. The molecule has 0 saturated carbocycles. The third-order valence-corrected chi connectivity index (χ3v) is 8.39. The zero-order valence-electron chi connectivity index (χ0n) is 20.6. The molecule has 39 heavy (non-hydrogen) atoms. The van der Waals surface area contributed by atoms with Crippen LogP contribution in [0.2, 0.25) is 5.02 Å². The lowest BCUT2D eigenvalue weighted by Crippen LogP contribution is -2.49. The van der Waals surface area contributed by atoms with Gasteiger partial charge in [0.2, 0.25) is 5.91 Å². The summed E-state index contributed by atoms with van der Waals surface area (Å²) in [5.41, 5.74) is 2.45. The molecule has 3 aliphatic heterocycles. The van der Waals surface area contributed by atoms with Gasteiger partial charge in [0.25, 0.3) is 0 Å². The van der Waals surface area contributed by atoms with Crippen LogP contribution in [0.5, 0.6) is 0 Å². The van der Waals surface area contributed by atoms with Crippen LogP contribution in [0.3, 0.4) is 0 Å². The molecule has 0 unspecified atom stereocenters. The maximum atomic E-state index is 14.6. The van der Waals surface area contributed by atoms with Crippen molar-refractivity contribution in [2.45, 2.75) is 17.5 Å². The van der Waals surface area contributed by atoms with Crippen LogP contribution in [0, 0.1) is 5.92 Å². The maximum absolute atomic E-state index is 14.6. The van der Waals surface area contributed by atoms with Gasteiger partial charge >= 0.3 is 0 Å². The summed E-state index contributed by atoms with van der Waals surface area (Å²) in [6, 6.07) is 28.9. The van der Waals surface area contributed by atoms with E-state index in [1.54, 1.807) is 59.8 Å². The average Bonchev–Trinajstić information content (AvgIpc) is 3.45. The van der Waals surface area contributed by atoms with Crippen molar-refractivity contribution in [3.63, 3.8) is 0 Å². The van der Waals surface area contributed by atoms with E-state index in [4.69, 9.17) is 16.7 Å². The van der Waals surface area contributed by atoms with Crippen molar-refractivity contribution in [1.29, 1.82) is 0 Å². The minimum atomic E-state index is -1.40. The van der Waals surface area contributed by atoms with Gasteiger partial charge in [-0.3, -0.25) is 19.4 Å². The van der Waals surface area contributed by atoms with Gasteiger partial charge in [0.05, 0.1) is 18.2 Å². The molecule has 6 nitrogen and oxygen atoms in total. The van der Waals surface area contributed by atoms with Gasteiger partial charge in [0.1, 0.15) is 11.5 Å². The van der Waals surface area contributed by atoms with E-state index in [-0.39, 0.29) is 17.5 Å². The van der Waals surface area contributed by atoms with Gasteiger partial charge in [-0.1, -0.05) is 84.4 Å². The van der Waals surface area contributed by atoms with E-state index in [2.05, 4.69) is 5.32 Å². The normalized spacial score (nSPS) is 24.2. The molecule has 3 heterocycles. The van der Waals surface area contributed by atoms with E-state index < -0.39 is 23.4 Å². The number of rotatable bonds is 4. The van der Waals surface area contributed by atoms with E-state index >= 15 is 0 Å². The fourth-order valence-corrected chi connectivity index (χ4v) is 6.67. The Morgan fingerprint density at radius 1 is 0.795 bits per heavy atom. The molecule has 1 fully saturated rings. The Kier molecular flexibility index (Phi) is 5.28. The highest BCUT2D eigenvalue weighted by molar-refractivity contribution is 6.30. The summed E-state index contributed by atoms with van der Waals surface area (Å²) < 4.78 is 0. The zero-order valence-corrected chi connectivity index (χ0v) is 21.4. The van der Waals surface area contributed by atoms with Crippen molar-refractivity contribution in [3.8, 4) is 0 Å². The molecule has 1 N–H and O–H groups in total. The van der Waals surface area contributed by atoms with Crippen molar-refractivity contribution < 1.29 is 14.4 Å². The van der Waals surface area contributed by atoms with Crippen LogP contribution >= 0.6 is 11.6 Å². The van der Waals surface area contributed by atoms with E-state index in [1.807, 2.05) is 54.6 Å². The van der Waals surface area contributed by atoms with Gasteiger partial charge in [-0.05, 0) is 47.0 Å². The molecule has 0 radical (unpaired) electrons. The molecule has 0 bridgehead atoms. The summed E-state index contributed by atoms with van der Waals surface area (Å²) in [6.07, 6.45) is 1.70. The fourth-order valence-electron chi connectivity index (χ4n) is 6.54. The van der Waals surface area contributed by atoms with Crippen LogP contribution in [0.15, 0.2) is 108 Å². The van der Waals surface area contributed by atoms with Crippen LogP contribution < -0.4 is 5.32 Å². The molecule has 4 aromatic carbocycles. The number of nitrogens with zero attached hydrogens (tertiary/aromatic N) is 2. The molecule has 1 saturated heterocycles. The first-order valence-corrected chi connectivity index (χ1v) is 13.1. The molecule has 190 valence electrons. The third-order valence-electron chi connectivity index (χ3n) is 8.14. The highest BCUT2D eigenvalue weighted by atomic mass is 35.5. The minimum absolute atomic E-state index is 0.281. The van der Waals surface area contributed by atoms with Crippen molar-refractivity contribution in [2.75, 3.05) is 5.32 Å². The predicted octanol–water partition coefficient (Wildman–Crippen LogP) is 5.68. The summed E-state index contributed by atoms with van der Waals surface area (Å²) in [7, 11) is 0. The SMILES string of the molecule is O=C(c1ccc(Cl)cc1)[C@@H]1[C@H](C(=O)c2ccccc2)[C@]2(C(=O)Nc3ccccc32)[C@H]2c3ccccc3C=NN12. The number of ketones is 2. The Hall–Kier alpha value is -4.55. The summed E-state index contributed by atoms with van der Waals surface area (Å²) in [5, 5.41) is 9.98. The second-order valence-electron chi connectivity index (χ2n) is 10.0. The first kappa shape index (κ1) is 23.6. The highest BCUT2D eigenvalue weighted by Gasteiger charge is 2.71. The van der Waals surface area contributed by atoms with Gasteiger partial charge in [0.15, 0.2) is 11.6 Å². The van der Waals surface area contributed by atoms with Crippen LogP contribution in [-0.4, -0.2) is 34.7 Å². The molecule has 4 aromatic rings. The minimum Gasteiger partial charge on any atom is -0.325 e. The van der Waals surface area contributed by atoms with Gasteiger partial charge in [0, 0.05) is 21.8 Å². The standard InChI is InChI=1S/C32H22ClN3O3/c33-22-16-14-20(15-17-22)29(38)27-26(28(37)19-8-2-1-3-9-19)32(24-12-6-7-13-25(24)35-31(32)39)30-23-11-5-4-10-21(23)18-34-36(27)30/h1-18,26-27,30H,(H,35,39)/t26-,27+,30-,32+/m1/s1. The molecular formula is C32H22ClN3O3. The molecule has 1 spiro atoms. The quantitative estimate of drug-likeness (QED) is 0.343. The number of carbonyl (C=O) groups excluding carboxylic acids is 3. The number of nitrogens with one attached hydrogen (secondary N) is 1. The molecule has 4 atom stereocenters. The summed E-state index contributed by atoms with van der Waals surface area (Å²) in [4.78, 5) is 43.3. The van der Waals surface area contributed by atoms with Crippen LogP contribution in [-0.2, 0) is 10.2 Å². The van der Waals surface area contributed by atoms with Crippen molar-refractivity contribution in [1.82, 2.24) is 5.01 Å². The maximum Gasteiger partial charge on any atom is 0.238 e. The molecule has 0 aromatic heterocycles. The van der Waals surface area contributed by atoms with Gasteiger partial charge < -0.3 is 5.32 Å². The van der Waals surface area contributed by atoms with Crippen LogP contribution in [0.4, 0.5) is 5.69 Å². The molecule has 1 amide bonds. The predicted molar refractivity (Wildman–Crippen MR) is 149 cm³/mol. The second-order valence-corrected chi connectivity index (χ2v) is 10.5. The topological polar surface area (TPSA) is 78.8 Å². The molecule has 0 aliphatic carbocycles. The number of para-hydroxylation sites is 1. The Labute approximate surface area is 229 Å². The van der Waals surface area contributed by atoms with Gasteiger partial charge in [-0.15, -0.1) is 0 Å². The Balaban J connectivity index is 1.54. The molecule has 7 rings (SSSR count). The van der Waals surface area contributed by atoms with E-state index in [0.29, 0.717) is 27.4 Å². The van der Waals surface area contributed by atoms with E-state index in [0.717, 1.165) is 11.1 Å². The second kappa shape index (κ2) is 8.75. The number of benzene rings is 4. The molecule has 7 heteroatoms. The summed E-state index contributed by atoms with van der Waals surface area (Å²) >= 11 is 6.12. The lowest BCUT2D eigenvalue weighted by atomic mass is 9.62. The smallest absolute Gasteiger partial charge is 0.238 e. The van der Waals surface area contributed by atoms with E-state index in [9.17, 15) is 14.4 Å². The number of hydrazone groups is 1. The summed E-state index contributed by atoms with van der Waals surface area (Å²) in [6.45, 7) is 0. The van der Waals surface area contributed by atoms with Crippen LogP contribution in [0.25, 0.3) is 0 Å². The molecular weight excluding hydrogens is 510 g/mol. The average molecular weight is 532 g/mol. The van der Waals surface area contributed by atoms with Gasteiger partial charge in [-0.25, -0.2) is 0 Å². The zero-order chi connectivity index (χ0) is 26.7. The number of fused-ring (bicyclic) bond motifs is 6. The number of amides is 1. The Morgan fingerprint density at radius 2 is 1.46 bits per heavy atom. The number of carbonyl (C=O) groups is 3. The fraction of sp³-hybridized carbons (Fsp3) is 0.125. The number of anilines is 1. The Morgan fingerprint density at radius 3 is 2.26 bits per heavy atom. The van der Waals surface area contributed by atoms with Crippen molar-refractivity contribution >= 4 is 41.0 Å². The monoisotopic (exact) mass is 531 g/mol. The number of Topliss-reactive ketones (excluding diaryl/α,β-unsaturated/α-hetero) is 2. The lowest BCUT2D eigenvalue weighted by Gasteiger charge is -2.37. The van der Waals surface area contributed by atoms with Crippen molar-refractivity contribution in [2.24, 2.45) is 11.0 Å². The van der Waals surface area contributed by atoms with E-state index in [1.165, 1.54) is 0 Å². The first-order valence-electron chi connectivity index (χ1n) is 12.7. The molecule has 3 aliphatic rings. The Bertz CT molecular complexity index is 1680. The summed E-state index contributed by atoms with van der Waals surface area (Å²) in [5.74, 6) is -1.94.